The van der Waals surface area contributed by atoms with E-state index in [0.29, 0.717) is 16.6 Å². The number of H-pyrrole nitrogens is 1. The molecule has 0 aliphatic carbocycles. The molecule has 130 valence electrons. The van der Waals surface area contributed by atoms with Crippen LogP contribution in [0.4, 0.5) is 0 Å². The third-order valence-corrected chi connectivity index (χ3v) is 5.72. The summed E-state index contributed by atoms with van der Waals surface area (Å²) in [5, 5.41) is 8.61. The Morgan fingerprint density at radius 3 is 2.64 bits per heavy atom. The Balaban J connectivity index is 1.56. The van der Waals surface area contributed by atoms with Crippen LogP contribution in [0.5, 0.6) is 0 Å². The molecule has 1 amide bonds. The first-order valence-electron chi connectivity index (χ1n) is 8.60. The van der Waals surface area contributed by atoms with E-state index < -0.39 is 0 Å². The molecule has 1 N–H and O–H groups in total. The van der Waals surface area contributed by atoms with Gasteiger partial charge in [0.05, 0.1) is 11.2 Å². The molecule has 3 heterocycles. The van der Waals surface area contributed by atoms with E-state index in [0.717, 1.165) is 42.5 Å². The van der Waals surface area contributed by atoms with Crippen LogP contribution in [0.25, 0.3) is 10.9 Å². The van der Waals surface area contributed by atoms with Crippen molar-refractivity contribution in [2.24, 2.45) is 7.05 Å². The molecule has 1 aliphatic rings. The van der Waals surface area contributed by atoms with Crippen LogP contribution in [0.1, 0.15) is 40.5 Å². The van der Waals surface area contributed by atoms with Crippen molar-refractivity contribution in [3.8, 4) is 0 Å². The number of aromatic nitrogens is 3. The van der Waals surface area contributed by atoms with Crippen molar-refractivity contribution in [2.45, 2.75) is 25.7 Å². The standard InChI is InChI=1S/C19H21ClN4O/c1-12-15(11-21-22-12)13-7-9-24(10-8-13)19(25)18-17(20)14-5-3-4-6-16(14)23(18)2/h3-6,11,13H,7-10H2,1-2H3,(H,21,22). The van der Waals surface area contributed by atoms with Gasteiger partial charge in [-0.1, -0.05) is 29.8 Å². The minimum absolute atomic E-state index is 0.0195. The second kappa shape index (κ2) is 6.23. The number of aryl methyl sites for hydroxylation is 2. The molecule has 5 nitrogen and oxygen atoms in total. The smallest absolute Gasteiger partial charge is 0.272 e. The van der Waals surface area contributed by atoms with E-state index in [4.69, 9.17) is 11.6 Å². The van der Waals surface area contributed by atoms with Gasteiger partial charge < -0.3 is 9.47 Å². The summed E-state index contributed by atoms with van der Waals surface area (Å²) < 4.78 is 1.91. The molecule has 1 fully saturated rings. The Kier molecular flexibility index (Phi) is 4.04. The van der Waals surface area contributed by atoms with Gasteiger partial charge >= 0.3 is 0 Å². The molecule has 25 heavy (non-hydrogen) atoms. The number of para-hydroxylation sites is 1. The van der Waals surface area contributed by atoms with Gasteiger partial charge in [-0.25, -0.2) is 0 Å². The molecule has 6 heteroatoms. The zero-order valence-electron chi connectivity index (χ0n) is 14.4. The molecule has 0 saturated carbocycles. The molecule has 0 spiro atoms. The Morgan fingerprint density at radius 2 is 2.00 bits per heavy atom. The maximum Gasteiger partial charge on any atom is 0.272 e. The second-order valence-electron chi connectivity index (χ2n) is 6.76. The van der Waals surface area contributed by atoms with Gasteiger partial charge in [0, 0.05) is 36.7 Å². The Hall–Kier alpha value is -2.27. The molecular formula is C19H21ClN4O. The first-order valence-corrected chi connectivity index (χ1v) is 8.97. The van der Waals surface area contributed by atoms with Crippen molar-refractivity contribution in [3.63, 3.8) is 0 Å². The number of hydrogen-bond acceptors (Lipinski definition) is 2. The van der Waals surface area contributed by atoms with E-state index in [2.05, 4.69) is 17.1 Å². The molecule has 0 unspecified atom stereocenters. The summed E-state index contributed by atoms with van der Waals surface area (Å²) in [6.45, 7) is 3.53. The summed E-state index contributed by atoms with van der Waals surface area (Å²) in [5.74, 6) is 0.483. The first-order chi connectivity index (χ1) is 12.1. The SMILES string of the molecule is Cc1[nH]ncc1C1CCN(C(=O)c2c(Cl)c3ccccc3n2C)CC1. The highest BCUT2D eigenvalue weighted by atomic mass is 35.5. The largest absolute Gasteiger partial charge is 0.338 e. The number of nitrogens with one attached hydrogen (secondary N) is 1. The number of fused-ring (bicyclic) bond motifs is 1. The van der Waals surface area contributed by atoms with Gasteiger partial charge in [-0.05, 0) is 37.3 Å². The predicted molar refractivity (Wildman–Crippen MR) is 99.1 cm³/mol. The highest BCUT2D eigenvalue weighted by molar-refractivity contribution is 6.38. The predicted octanol–water partition coefficient (Wildman–Crippen LogP) is 3.88. The Bertz CT molecular complexity index is 895. The summed E-state index contributed by atoms with van der Waals surface area (Å²) in [5.41, 5.74) is 3.97. The number of halogens is 1. The average molecular weight is 357 g/mol. The van der Waals surface area contributed by atoms with Crippen LogP contribution in [-0.4, -0.2) is 38.7 Å². The zero-order chi connectivity index (χ0) is 17.6. The molecule has 4 rings (SSSR count). The van der Waals surface area contributed by atoms with Crippen LogP contribution in [0.3, 0.4) is 0 Å². The maximum absolute atomic E-state index is 13.1. The summed E-state index contributed by atoms with van der Waals surface area (Å²) in [6, 6.07) is 7.86. The fraction of sp³-hybridized carbons (Fsp3) is 0.368. The van der Waals surface area contributed by atoms with Crippen LogP contribution in [0.2, 0.25) is 5.02 Å². The number of nitrogens with zero attached hydrogens (tertiary/aromatic N) is 3. The number of piperidine rings is 1. The van der Waals surface area contributed by atoms with Crippen molar-refractivity contribution in [2.75, 3.05) is 13.1 Å². The van der Waals surface area contributed by atoms with E-state index in [1.165, 1.54) is 5.56 Å². The van der Waals surface area contributed by atoms with Gasteiger partial charge in [-0.3, -0.25) is 9.89 Å². The molecule has 3 aromatic rings. The lowest BCUT2D eigenvalue weighted by Crippen LogP contribution is -2.38. The molecule has 0 atom stereocenters. The lowest BCUT2D eigenvalue weighted by Gasteiger charge is -2.32. The van der Waals surface area contributed by atoms with Crippen molar-refractivity contribution >= 4 is 28.4 Å². The van der Waals surface area contributed by atoms with Gasteiger partial charge in [0.1, 0.15) is 5.69 Å². The molecule has 0 bridgehead atoms. The Morgan fingerprint density at radius 1 is 1.28 bits per heavy atom. The summed E-state index contributed by atoms with van der Waals surface area (Å²) in [7, 11) is 1.91. The number of hydrogen-bond donors (Lipinski definition) is 1. The van der Waals surface area contributed by atoms with Crippen molar-refractivity contribution in [1.82, 2.24) is 19.7 Å². The number of amides is 1. The first kappa shape index (κ1) is 16.2. The summed E-state index contributed by atoms with van der Waals surface area (Å²) in [6.07, 6.45) is 3.82. The van der Waals surface area contributed by atoms with E-state index in [9.17, 15) is 4.79 Å². The van der Waals surface area contributed by atoms with Crippen molar-refractivity contribution in [1.29, 1.82) is 0 Å². The zero-order valence-corrected chi connectivity index (χ0v) is 15.2. The van der Waals surface area contributed by atoms with E-state index in [1.807, 2.05) is 47.0 Å². The number of rotatable bonds is 2. The number of carbonyl (C=O) groups is 1. The minimum atomic E-state index is 0.0195. The molecule has 0 radical (unpaired) electrons. The average Bonchev–Trinajstić information content (AvgIpc) is 3.17. The normalized spacial score (nSPS) is 15.9. The van der Waals surface area contributed by atoms with E-state index in [-0.39, 0.29) is 5.91 Å². The minimum Gasteiger partial charge on any atom is -0.338 e. The fourth-order valence-corrected chi connectivity index (χ4v) is 4.27. The fourth-order valence-electron chi connectivity index (χ4n) is 3.90. The van der Waals surface area contributed by atoms with Crippen molar-refractivity contribution < 1.29 is 4.79 Å². The van der Waals surface area contributed by atoms with Crippen LogP contribution in [-0.2, 0) is 7.05 Å². The van der Waals surface area contributed by atoms with E-state index >= 15 is 0 Å². The van der Waals surface area contributed by atoms with Gasteiger partial charge in [-0.15, -0.1) is 0 Å². The van der Waals surface area contributed by atoms with Gasteiger partial charge in [0.25, 0.3) is 5.91 Å². The topological polar surface area (TPSA) is 53.9 Å². The van der Waals surface area contributed by atoms with Crippen LogP contribution < -0.4 is 0 Å². The number of benzene rings is 1. The lowest BCUT2D eigenvalue weighted by atomic mass is 9.90. The monoisotopic (exact) mass is 356 g/mol. The molecule has 1 saturated heterocycles. The summed E-state index contributed by atoms with van der Waals surface area (Å²) >= 11 is 6.53. The molecule has 2 aromatic heterocycles. The van der Waals surface area contributed by atoms with Crippen LogP contribution in [0.15, 0.2) is 30.5 Å². The second-order valence-corrected chi connectivity index (χ2v) is 7.13. The van der Waals surface area contributed by atoms with E-state index in [1.54, 1.807) is 0 Å². The van der Waals surface area contributed by atoms with Gasteiger partial charge in [-0.2, -0.15) is 5.10 Å². The van der Waals surface area contributed by atoms with Gasteiger partial charge in [0.15, 0.2) is 0 Å². The maximum atomic E-state index is 13.1. The third-order valence-electron chi connectivity index (χ3n) is 5.34. The molecule has 1 aromatic carbocycles. The number of likely N-dealkylation sites (tertiary alicyclic amines) is 1. The number of carbonyl (C=O) groups excluding carboxylic acids is 1. The lowest BCUT2D eigenvalue weighted by molar-refractivity contribution is 0.0704. The quantitative estimate of drug-likeness (QED) is 0.757. The van der Waals surface area contributed by atoms with Gasteiger partial charge in [0.2, 0.25) is 0 Å². The van der Waals surface area contributed by atoms with Crippen LogP contribution >= 0.6 is 11.6 Å². The highest BCUT2D eigenvalue weighted by Gasteiger charge is 2.29. The molecular weight excluding hydrogens is 336 g/mol. The highest BCUT2D eigenvalue weighted by Crippen LogP contribution is 2.33. The van der Waals surface area contributed by atoms with Crippen molar-refractivity contribution in [3.05, 3.63) is 52.4 Å². The summed E-state index contributed by atoms with van der Waals surface area (Å²) in [4.78, 5) is 15.0. The molecule has 1 aliphatic heterocycles. The van der Waals surface area contributed by atoms with Crippen LogP contribution in [0, 0.1) is 6.92 Å². The Labute approximate surface area is 151 Å². The third kappa shape index (κ3) is 2.63. The number of aromatic amines is 1.